The van der Waals surface area contributed by atoms with Crippen LogP contribution in [0.4, 0.5) is 0 Å². The summed E-state index contributed by atoms with van der Waals surface area (Å²) < 4.78 is 0. The van der Waals surface area contributed by atoms with Gasteiger partial charge in [0.2, 0.25) is 0 Å². The van der Waals surface area contributed by atoms with E-state index in [9.17, 15) is 0 Å². The second-order valence-electron chi connectivity index (χ2n) is 4.04. The van der Waals surface area contributed by atoms with Crippen LogP contribution in [-0.2, 0) is 0 Å². The third-order valence-corrected chi connectivity index (χ3v) is 2.93. The highest BCUT2D eigenvalue weighted by atomic mass is 35.5. The van der Waals surface area contributed by atoms with Crippen LogP contribution in [0.25, 0.3) is 0 Å². The summed E-state index contributed by atoms with van der Waals surface area (Å²) in [7, 11) is 0. The zero-order chi connectivity index (χ0) is 10.6. The zero-order valence-electron chi connectivity index (χ0n) is 9.47. The highest BCUT2D eigenvalue weighted by Gasteiger charge is 2.00. The number of hydrogen-bond donors (Lipinski definition) is 1. The van der Waals surface area contributed by atoms with Gasteiger partial charge in [0, 0.05) is 0 Å². The van der Waals surface area contributed by atoms with Crippen molar-refractivity contribution in [3.05, 3.63) is 0 Å². The Bertz CT molecular complexity index is 106. The van der Waals surface area contributed by atoms with E-state index < -0.39 is 0 Å². The van der Waals surface area contributed by atoms with Gasteiger partial charge in [-0.25, -0.2) is 0 Å². The molecule has 0 unspecified atom stereocenters. The van der Waals surface area contributed by atoms with Crippen molar-refractivity contribution in [1.82, 2.24) is 0 Å². The molecule has 0 saturated carbocycles. The van der Waals surface area contributed by atoms with Crippen LogP contribution in [0.15, 0.2) is 0 Å². The average Bonchev–Trinajstić information content (AvgIpc) is 2.21. The van der Waals surface area contributed by atoms with Crippen LogP contribution in [0.2, 0.25) is 0 Å². The van der Waals surface area contributed by atoms with Crippen LogP contribution in [-0.4, -0.2) is 17.1 Å². The molecule has 0 fully saturated rings. The summed E-state index contributed by atoms with van der Waals surface area (Å²) in [5.41, 5.74) is 0. The Morgan fingerprint density at radius 3 is 1.93 bits per heavy atom. The van der Waals surface area contributed by atoms with Gasteiger partial charge in [0.1, 0.15) is 0 Å². The van der Waals surface area contributed by atoms with Crippen molar-refractivity contribution < 1.29 is 5.11 Å². The highest BCUT2D eigenvalue weighted by Crippen LogP contribution is 2.12. The Kier molecular flexibility index (Phi) is 11.5. The lowest BCUT2D eigenvalue weighted by Gasteiger charge is -2.05. The molecule has 86 valence electrons. The maximum Gasteiger partial charge on any atom is 0.0595 e. The highest BCUT2D eigenvalue weighted by molar-refractivity contribution is 6.20. The Labute approximate surface area is 93.9 Å². The van der Waals surface area contributed by atoms with Crippen molar-refractivity contribution >= 4 is 11.6 Å². The summed E-state index contributed by atoms with van der Waals surface area (Å²) >= 11 is 5.80. The third-order valence-electron chi connectivity index (χ3n) is 2.57. The van der Waals surface area contributed by atoms with Crippen molar-refractivity contribution in [2.45, 2.75) is 70.1 Å². The fraction of sp³-hybridized carbons (Fsp3) is 1.00. The summed E-state index contributed by atoms with van der Waals surface area (Å²) in [6.07, 6.45) is 11.6. The van der Waals surface area contributed by atoms with Gasteiger partial charge in [-0.1, -0.05) is 58.3 Å². The molecule has 0 aromatic carbocycles. The quantitative estimate of drug-likeness (QED) is 0.434. The molecule has 0 aliphatic carbocycles. The van der Waals surface area contributed by atoms with E-state index in [1.54, 1.807) is 0 Å². The van der Waals surface area contributed by atoms with E-state index in [2.05, 4.69) is 6.92 Å². The lowest BCUT2D eigenvalue weighted by Crippen LogP contribution is -2.03. The largest absolute Gasteiger partial charge is 0.395 e. The minimum absolute atomic E-state index is 0.0184. The summed E-state index contributed by atoms with van der Waals surface area (Å²) in [6, 6.07) is 0. The van der Waals surface area contributed by atoms with Gasteiger partial charge in [-0.05, 0) is 6.42 Å². The first-order chi connectivity index (χ1) is 6.81. The average molecular weight is 221 g/mol. The van der Waals surface area contributed by atoms with E-state index in [0.29, 0.717) is 0 Å². The fourth-order valence-electron chi connectivity index (χ4n) is 1.59. The minimum atomic E-state index is -0.0184. The molecule has 0 bridgehead atoms. The monoisotopic (exact) mass is 220 g/mol. The van der Waals surface area contributed by atoms with Gasteiger partial charge >= 0.3 is 0 Å². The zero-order valence-corrected chi connectivity index (χ0v) is 10.2. The second kappa shape index (κ2) is 11.3. The minimum Gasteiger partial charge on any atom is -0.395 e. The number of alkyl halides is 1. The van der Waals surface area contributed by atoms with Gasteiger partial charge in [0.15, 0.2) is 0 Å². The molecule has 0 aromatic rings. The molecule has 0 spiro atoms. The van der Waals surface area contributed by atoms with Crippen molar-refractivity contribution in [3.63, 3.8) is 0 Å². The van der Waals surface area contributed by atoms with Crippen molar-refractivity contribution in [2.24, 2.45) is 0 Å². The lowest BCUT2D eigenvalue weighted by molar-refractivity contribution is 0.286. The van der Waals surface area contributed by atoms with Crippen LogP contribution < -0.4 is 0 Å². The maximum absolute atomic E-state index is 8.70. The number of halogens is 1. The maximum atomic E-state index is 8.70. The Morgan fingerprint density at radius 2 is 1.43 bits per heavy atom. The molecule has 2 heteroatoms. The molecule has 1 atom stereocenters. The van der Waals surface area contributed by atoms with Crippen LogP contribution >= 0.6 is 11.6 Å². The first-order valence-electron chi connectivity index (χ1n) is 6.06. The first-order valence-corrected chi connectivity index (χ1v) is 6.49. The summed E-state index contributed by atoms with van der Waals surface area (Å²) in [5.74, 6) is 0. The van der Waals surface area contributed by atoms with Crippen LogP contribution in [0, 0.1) is 0 Å². The van der Waals surface area contributed by atoms with E-state index in [0.717, 1.165) is 6.42 Å². The van der Waals surface area contributed by atoms with E-state index in [4.69, 9.17) is 16.7 Å². The normalized spacial score (nSPS) is 13.1. The topological polar surface area (TPSA) is 20.2 Å². The third kappa shape index (κ3) is 10.3. The molecule has 0 saturated heterocycles. The van der Waals surface area contributed by atoms with Crippen LogP contribution in [0.5, 0.6) is 0 Å². The molecule has 0 aromatic heterocycles. The predicted octanol–water partition coefficient (Wildman–Crippen LogP) is 4.12. The SMILES string of the molecule is CCCCCCCCCC[C@H](Cl)CO. The molecule has 1 N–H and O–H groups in total. The Balaban J connectivity index is 2.92. The standard InChI is InChI=1S/C12H25ClO/c1-2-3-4-5-6-7-8-9-10-12(13)11-14/h12,14H,2-11H2,1H3/t12-/m0/s1. The summed E-state index contributed by atoms with van der Waals surface area (Å²) in [6.45, 7) is 2.37. The summed E-state index contributed by atoms with van der Waals surface area (Å²) in [4.78, 5) is 0. The summed E-state index contributed by atoms with van der Waals surface area (Å²) in [5, 5.41) is 8.68. The number of rotatable bonds is 10. The molecule has 1 nitrogen and oxygen atoms in total. The molecule has 0 heterocycles. The lowest BCUT2D eigenvalue weighted by atomic mass is 10.1. The number of hydrogen-bond acceptors (Lipinski definition) is 1. The van der Waals surface area contributed by atoms with Gasteiger partial charge in [-0.2, -0.15) is 0 Å². The van der Waals surface area contributed by atoms with Gasteiger partial charge in [-0.15, -0.1) is 11.6 Å². The van der Waals surface area contributed by atoms with Gasteiger partial charge in [0.05, 0.1) is 12.0 Å². The van der Waals surface area contributed by atoms with E-state index >= 15 is 0 Å². The van der Waals surface area contributed by atoms with Gasteiger partial charge in [-0.3, -0.25) is 0 Å². The first kappa shape index (κ1) is 14.2. The van der Waals surface area contributed by atoms with E-state index in [1.807, 2.05) is 0 Å². The van der Waals surface area contributed by atoms with E-state index in [1.165, 1.54) is 51.4 Å². The Hall–Kier alpha value is 0.250. The predicted molar refractivity (Wildman–Crippen MR) is 64.0 cm³/mol. The molecule has 0 aliphatic rings. The second-order valence-corrected chi connectivity index (χ2v) is 4.66. The number of aliphatic hydroxyl groups is 1. The van der Waals surface area contributed by atoms with Crippen molar-refractivity contribution in [1.29, 1.82) is 0 Å². The Morgan fingerprint density at radius 1 is 0.929 bits per heavy atom. The van der Waals surface area contributed by atoms with Gasteiger partial charge < -0.3 is 5.11 Å². The number of aliphatic hydroxyl groups excluding tert-OH is 1. The van der Waals surface area contributed by atoms with E-state index in [-0.39, 0.29) is 12.0 Å². The number of unbranched alkanes of at least 4 members (excludes halogenated alkanes) is 7. The smallest absolute Gasteiger partial charge is 0.0595 e. The molecule has 0 amide bonds. The molecule has 14 heavy (non-hydrogen) atoms. The molecular formula is C12H25ClO. The fourth-order valence-corrected chi connectivity index (χ4v) is 1.75. The van der Waals surface area contributed by atoms with Crippen LogP contribution in [0.3, 0.4) is 0 Å². The van der Waals surface area contributed by atoms with Crippen LogP contribution in [0.1, 0.15) is 64.7 Å². The molecule has 0 aliphatic heterocycles. The van der Waals surface area contributed by atoms with Crippen molar-refractivity contribution in [2.75, 3.05) is 6.61 Å². The molecular weight excluding hydrogens is 196 g/mol. The van der Waals surface area contributed by atoms with Gasteiger partial charge in [0.25, 0.3) is 0 Å². The van der Waals surface area contributed by atoms with Crippen molar-refractivity contribution in [3.8, 4) is 0 Å². The molecule has 0 radical (unpaired) electrons. The molecule has 0 rings (SSSR count).